The van der Waals surface area contributed by atoms with Crippen LogP contribution in [0.3, 0.4) is 0 Å². The summed E-state index contributed by atoms with van der Waals surface area (Å²) in [7, 11) is 1.26. The van der Waals surface area contributed by atoms with Gasteiger partial charge in [-0.05, 0) is 19.3 Å². The summed E-state index contributed by atoms with van der Waals surface area (Å²) in [5, 5.41) is 0. The Morgan fingerprint density at radius 2 is 1.23 bits per heavy atom. The van der Waals surface area contributed by atoms with Crippen LogP contribution in [0.2, 0.25) is 0 Å². The lowest BCUT2D eigenvalue weighted by Gasteiger charge is -2.42. The van der Waals surface area contributed by atoms with Crippen molar-refractivity contribution in [3.8, 4) is 0 Å². The van der Waals surface area contributed by atoms with Gasteiger partial charge in [-0.1, -0.05) is 40.0 Å². The van der Waals surface area contributed by atoms with E-state index in [1.807, 2.05) is 0 Å². The van der Waals surface area contributed by atoms with Gasteiger partial charge in [-0.15, -0.1) is 0 Å². The first kappa shape index (κ1) is 25.9. The summed E-state index contributed by atoms with van der Waals surface area (Å²) >= 11 is 0. The molecule has 0 atom stereocenters. The van der Waals surface area contributed by atoms with Crippen molar-refractivity contribution in [1.29, 1.82) is 0 Å². The zero-order chi connectivity index (χ0) is 19.7. The molecule has 0 spiro atoms. The van der Waals surface area contributed by atoms with Gasteiger partial charge in [0.1, 0.15) is 13.4 Å². The van der Waals surface area contributed by atoms with Crippen molar-refractivity contribution in [3.05, 3.63) is 0 Å². The molecule has 0 saturated carbocycles. The molecule has 0 heterocycles. The fraction of sp³-hybridized carbons (Fsp3) is 1.00. The largest absolute Gasteiger partial charge is 0.567 e. The number of unbranched alkanes of at least 4 members (excludes halogenated alkanes) is 3. The Kier molecular flexibility index (Phi) is 15.9. The molecule has 0 aliphatic heterocycles. The van der Waals surface area contributed by atoms with Crippen LogP contribution in [0.5, 0.6) is 0 Å². The second-order valence-electron chi connectivity index (χ2n) is 6.08. The monoisotopic (exact) mass is 396 g/mol. The number of rotatable bonds is 19. The van der Waals surface area contributed by atoms with Crippen LogP contribution < -0.4 is 0 Å². The van der Waals surface area contributed by atoms with Gasteiger partial charge in [0.15, 0.2) is 0 Å². The molecule has 0 unspecified atom stereocenters. The predicted octanol–water partition coefficient (Wildman–Crippen LogP) is 3.52. The SMILES string of the molecule is CCCCOCC(OCCCC)(OCCCC)[Si](OC)(OC)OCOC. The van der Waals surface area contributed by atoms with E-state index in [0.29, 0.717) is 19.8 Å². The summed E-state index contributed by atoms with van der Waals surface area (Å²) in [4.78, 5) is 0. The lowest BCUT2D eigenvalue weighted by atomic mass is 10.3. The molecule has 158 valence electrons. The molecular weight excluding hydrogens is 356 g/mol. The van der Waals surface area contributed by atoms with Crippen molar-refractivity contribution in [2.75, 3.05) is 54.5 Å². The summed E-state index contributed by atoms with van der Waals surface area (Å²) in [5.74, 6) is 0. The van der Waals surface area contributed by atoms with E-state index in [2.05, 4.69) is 20.8 Å². The molecule has 26 heavy (non-hydrogen) atoms. The van der Waals surface area contributed by atoms with E-state index in [1.54, 1.807) is 21.3 Å². The Hall–Kier alpha value is -0.0631. The van der Waals surface area contributed by atoms with E-state index in [-0.39, 0.29) is 13.4 Å². The minimum absolute atomic E-state index is 0.0267. The molecule has 0 bridgehead atoms. The molecule has 0 N–H and O–H groups in total. The third-order valence-corrected chi connectivity index (χ3v) is 6.91. The average Bonchev–Trinajstić information content (AvgIpc) is 2.66. The Balaban J connectivity index is 5.55. The highest BCUT2D eigenvalue weighted by Gasteiger charge is 2.64. The van der Waals surface area contributed by atoms with E-state index in [9.17, 15) is 0 Å². The first-order chi connectivity index (χ1) is 12.6. The van der Waals surface area contributed by atoms with Crippen LogP contribution in [0.15, 0.2) is 0 Å². The van der Waals surface area contributed by atoms with E-state index >= 15 is 0 Å². The van der Waals surface area contributed by atoms with Gasteiger partial charge in [0.05, 0.1) is 13.2 Å². The van der Waals surface area contributed by atoms with Gasteiger partial charge in [-0.2, -0.15) is 0 Å². The van der Waals surface area contributed by atoms with Gasteiger partial charge in [-0.25, -0.2) is 0 Å². The maximum absolute atomic E-state index is 6.23. The molecule has 0 aromatic rings. The molecule has 0 rings (SSSR count). The highest BCUT2D eigenvalue weighted by molar-refractivity contribution is 6.63. The first-order valence-electron chi connectivity index (χ1n) is 9.70. The lowest BCUT2D eigenvalue weighted by Crippen LogP contribution is -2.69. The maximum Gasteiger partial charge on any atom is 0.567 e. The first-order valence-corrected chi connectivity index (χ1v) is 11.4. The van der Waals surface area contributed by atoms with Crippen LogP contribution in [-0.2, 0) is 32.2 Å². The second kappa shape index (κ2) is 15.9. The summed E-state index contributed by atoms with van der Waals surface area (Å²) in [6, 6.07) is 0. The third kappa shape index (κ3) is 8.31. The molecule has 7 nitrogen and oxygen atoms in total. The van der Waals surface area contributed by atoms with Gasteiger partial charge in [0.25, 0.3) is 5.41 Å². The van der Waals surface area contributed by atoms with Crippen molar-refractivity contribution in [2.45, 2.75) is 64.7 Å². The van der Waals surface area contributed by atoms with Gasteiger partial charge in [-0.3, -0.25) is 0 Å². The minimum atomic E-state index is -3.40. The summed E-state index contributed by atoms with van der Waals surface area (Å²) in [6.45, 7) is 8.21. The van der Waals surface area contributed by atoms with Crippen LogP contribution in [0.1, 0.15) is 59.3 Å². The molecule has 0 amide bonds. The summed E-state index contributed by atoms with van der Waals surface area (Å²) in [5.41, 5.74) is -1.22. The van der Waals surface area contributed by atoms with Gasteiger partial charge in [0, 0.05) is 27.9 Å². The quantitative estimate of drug-likeness (QED) is 0.188. The minimum Gasteiger partial charge on any atom is -0.376 e. The third-order valence-electron chi connectivity index (χ3n) is 3.97. The Morgan fingerprint density at radius 3 is 1.65 bits per heavy atom. The van der Waals surface area contributed by atoms with Gasteiger partial charge < -0.3 is 32.2 Å². The van der Waals surface area contributed by atoms with Gasteiger partial charge in [0.2, 0.25) is 0 Å². The molecule has 0 aliphatic rings. The smallest absolute Gasteiger partial charge is 0.376 e. The number of ether oxygens (including phenoxy) is 4. The van der Waals surface area contributed by atoms with Crippen LogP contribution in [-0.4, -0.2) is 68.8 Å². The van der Waals surface area contributed by atoms with Crippen LogP contribution in [0.4, 0.5) is 0 Å². The molecular formula is C18H40O7Si. The number of hydrogen-bond acceptors (Lipinski definition) is 7. The van der Waals surface area contributed by atoms with Crippen LogP contribution >= 0.6 is 0 Å². The summed E-state index contributed by atoms with van der Waals surface area (Å²) < 4.78 is 40.9. The molecule has 0 aromatic carbocycles. The van der Waals surface area contributed by atoms with Crippen molar-refractivity contribution in [1.82, 2.24) is 0 Å². The number of methoxy groups -OCH3 is 1. The van der Waals surface area contributed by atoms with Crippen LogP contribution in [0.25, 0.3) is 0 Å². The van der Waals surface area contributed by atoms with Crippen LogP contribution in [0, 0.1) is 0 Å². The molecule has 0 saturated heterocycles. The average molecular weight is 397 g/mol. The zero-order valence-corrected chi connectivity index (χ0v) is 18.6. The maximum atomic E-state index is 6.23. The van der Waals surface area contributed by atoms with Crippen molar-refractivity contribution in [2.24, 2.45) is 0 Å². The topological polar surface area (TPSA) is 64.6 Å². The highest BCUT2D eigenvalue weighted by atomic mass is 28.4. The van der Waals surface area contributed by atoms with Crippen molar-refractivity contribution < 1.29 is 32.2 Å². The van der Waals surface area contributed by atoms with E-state index in [4.69, 9.17) is 32.2 Å². The van der Waals surface area contributed by atoms with Gasteiger partial charge >= 0.3 is 8.80 Å². The Labute approximate surface area is 160 Å². The Morgan fingerprint density at radius 1 is 0.731 bits per heavy atom. The zero-order valence-electron chi connectivity index (χ0n) is 17.6. The fourth-order valence-corrected chi connectivity index (χ4v) is 4.72. The van der Waals surface area contributed by atoms with E-state index < -0.39 is 14.2 Å². The standard InChI is InChI=1S/C18H40O7Si/c1-7-10-13-22-16-18(23-14-11-8-2,24-15-12-9-3)26(20-5,21-6)25-17-19-4/h7-17H2,1-6H3. The predicted molar refractivity (Wildman–Crippen MR) is 103 cm³/mol. The van der Waals surface area contributed by atoms with Crippen molar-refractivity contribution >= 4 is 8.80 Å². The highest BCUT2D eigenvalue weighted by Crippen LogP contribution is 2.31. The normalized spacial score (nSPS) is 12.7. The number of hydrogen-bond donors (Lipinski definition) is 0. The molecule has 0 fully saturated rings. The Bertz CT molecular complexity index is 304. The fourth-order valence-electron chi connectivity index (χ4n) is 2.36. The lowest BCUT2D eigenvalue weighted by molar-refractivity contribution is -0.249. The summed E-state index contributed by atoms with van der Waals surface area (Å²) in [6.07, 6.45) is 5.83. The van der Waals surface area contributed by atoms with Crippen molar-refractivity contribution in [3.63, 3.8) is 0 Å². The molecule has 0 aromatic heterocycles. The molecule has 8 heteroatoms. The second-order valence-corrected chi connectivity index (χ2v) is 9.06. The van der Waals surface area contributed by atoms with E-state index in [0.717, 1.165) is 38.5 Å². The molecule has 0 aliphatic carbocycles. The molecule has 0 radical (unpaired) electrons. The van der Waals surface area contributed by atoms with E-state index in [1.165, 1.54) is 0 Å².